The zero-order valence-electron chi connectivity index (χ0n) is 46.0. The van der Waals surface area contributed by atoms with E-state index in [4.69, 9.17) is 34.2 Å². The number of para-hydroxylation sites is 2. The van der Waals surface area contributed by atoms with E-state index in [9.17, 15) is 5.26 Å². The van der Waals surface area contributed by atoms with Crippen LogP contribution in [0.25, 0.3) is 66.6 Å². The van der Waals surface area contributed by atoms with Gasteiger partial charge in [0.15, 0.2) is 23.2 Å². The molecule has 2 heterocycles. The summed E-state index contributed by atoms with van der Waals surface area (Å²) in [5.41, 5.74) is 20.7. The maximum absolute atomic E-state index is 9.57. The SMILES string of the molecule is CC(O)CC(C)O.[C-]#[N+]c1cc(C#N)cc(-c2nnc(-c3ccccc3C)n2-c2c(C(C)C)cccc2C(C)C)c1.[C-]#[N+]c1cc(CN)[c-]c(-c2nnc(-c3ccccc3C)n2-c2c(C(C)C)cccc2C(C)C)c1.[Ir].[Ir]. The second-order valence-corrected chi connectivity index (χ2v) is 20.2. The van der Waals surface area contributed by atoms with Gasteiger partial charge in [-0.05, 0) is 116 Å². The van der Waals surface area contributed by atoms with Crippen molar-refractivity contribution >= 4 is 11.4 Å². The van der Waals surface area contributed by atoms with Crippen molar-refractivity contribution in [1.82, 2.24) is 29.5 Å². The number of aliphatic hydroxyl groups is 2. The van der Waals surface area contributed by atoms with Gasteiger partial charge in [-0.3, -0.25) is 9.41 Å². The van der Waals surface area contributed by atoms with E-state index in [-0.39, 0.29) is 64.3 Å². The molecule has 402 valence electrons. The van der Waals surface area contributed by atoms with Gasteiger partial charge in [-0.1, -0.05) is 140 Å². The molecule has 77 heavy (non-hydrogen) atoms. The molecule has 2 atom stereocenters. The quantitative estimate of drug-likeness (QED) is 0.0962. The first-order valence-corrected chi connectivity index (χ1v) is 25.6. The van der Waals surface area contributed by atoms with Crippen molar-refractivity contribution in [3.05, 3.63) is 189 Å². The standard InChI is InChI=1S/C29H30N5.C29H27N5.C5H12O2.2Ir/c2*1-18(2)24-12-9-13-25(19(3)4)27(24)34-28(22-14-21(17-30)15-23(16-22)31-6)32-33-29(34)26-11-8-7-10-20(26)5;1-4(6)3-5(2)7;;/h7-13,15-16,18-19H,17,30H2,1-5H3;7-16,18-19H,1-5H3;4-7H,3H2,1-2H3;;/q-1;;;;. The zero-order chi connectivity index (χ0) is 54.7. The third-order valence-electron chi connectivity index (χ3n) is 12.8. The predicted octanol–water partition coefficient (Wildman–Crippen LogP) is 14.7. The van der Waals surface area contributed by atoms with Crippen LogP contribution < -0.4 is 5.73 Å². The summed E-state index contributed by atoms with van der Waals surface area (Å²) in [4.78, 5) is 7.24. The Hall–Kier alpha value is -6.75. The van der Waals surface area contributed by atoms with Crippen molar-refractivity contribution in [2.24, 2.45) is 5.73 Å². The Bertz CT molecular complexity index is 3310. The van der Waals surface area contributed by atoms with Crippen molar-refractivity contribution in [2.75, 3.05) is 0 Å². The molecule has 0 saturated carbocycles. The Morgan fingerprint density at radius 1 is 0.558 bits per heavy atom. The minimum atomic E-state index is -0.375. The second kappa shape index (κ2) is 28.6. The summed E-state index contributed by atoms with van der Waals surface area (Å²) in [6.45, 7) is 40.4. The van der Waals surface area contributed by atoms with Gasteiger partial charge < -0.3 is 20.5 Å². The molecule has 6 aromatic carbocycles. The van der Waals surface area contributed by atoms with Crippen LogP contribution in [0.5, 0.6) is 0 Å². The third-order valence-corrected chi connectivity index (χ3v) is 12.8. The molecule has 0 spiro atoms. The van der Waals surface area contributed by atoms with E-state index >= 15 is 0 Å². The molecule has 0 amide bonds. The molecule has 0 fully saturated rings. The van der Waals surface area contributed by atoms with Crippen LogP contribution in [0.3, 0.4) is 0 Å². The van der Waals surface area contributed by atoms with Crippen molar-refractivity contribution in [2.45, 2.75) is 132 Å². The van der Waals surface area contributed by atoms with Crippen LogP contribution in [0.4, 0.5) is 11.4 Å². The molecule has 0 saturated heterocycles. The van der Waals surface area contributed by atoms with E-state index in [1.165, 1.54) is 22.3 Å². The summed E-state index contributed by atoms with van der Waals surface area (Å²) in [6, 6.07) is 43.6. The summed E-state index contributed by atoms with van der Waals surface area (Å²) in [6.07, 6.45) is -0.278. The topological polar surface area (TPSA) is 160 Å². The summed E-state index contributed by atoms with van der Waals surface area (Å²) in [7, 11) is 0. The van der Waals surface area contributed by atoms with Crippen LogP contribution in [0.1, 0.15) is 144 Å². The number of aryl methyl sites for hydroxylation is 2. The summed E-state index contributed by atoms with van der Waals surface area (Å²) >= 11 is 0. The molecule has 8 rings (SSSR count). The van der Waals surface area contributed by atoms with E-state index in [0.717, 1.165) is 56.4 Å². The van der Waals surface area contributed by atoms with Crippen LogP contribution in [0.15, 0.2) is 115 Å². The normalized spacial score (nSPS) is 11.5. The monoisotopic (exact) mass is 1380 g/mol. The van der Waals surface area contributed by atoms with Gasteiger partial charge in [-0.2, -0.15) is 10.4 Å². The fraction of sp³-hybridized carbons (Fsp3) is 0.317. The summed E-state index contributed by atoms with van der Waals surface area (Å²) in [5.74, 6) is 3.95. The molecule has 0 aliphatic heterocycles. The number of aliphatic hydroxyl groups excluding tert-OH is 2. The Balaban J connectivity index is 0.000000289. The number of nitrogens with zero attached hydrogens (tertiary/aromatic N) is 9. The molecule has 8 aromatic rings. The Morgan fingerprint density at radius 3 is 1.34 bits per heavy atom. The van der Waals surface area contributed by atoms with Crippen LogP contribution >= 0.6 is 0 Å². The van der Waals surface area contributed by atoms with Gasteiger partial charge >= 0.3 is 0 Å². The van der Waals surface area contributed by atoms with Gasteiger partial charge in [-0.25, -0.2) is 4.85 Å². The maximum atomic E-state index is 9.57. The minimum Gasteiger partial charge on any atom is -0.393 e. The average Bonchev–Trinajstić information content (AvgIpc) is 4.04. The largest absolute Gasteiger partial charge is 0.393 e. The smallest absolute Gasteiger partial charge is 0.189 e. The van der Waals surface area contributed by atoms with Crippen molar-refractivity contribution in [3.63, 3.8) is 0 Å². The molecular formula is C63H69Ir2N10O2-. The molecule has 2 unspecified atom stereocenters. The van der Waals surface area contributed by atoms with Crippen molar-refractivity contribution < 1.29 is 50.4 Å². The van der Waals surface area contributed by atoms with Gasteiger partial charge in [0.2, 0.25) is 0 Å². The van der Waals surface area contributed by atoms with Gasteiger partial charge in [0.05, 0.1) is 42.9 Å². The number of benzene rings is 6. The van der Waals surface area contributed by atoms with E-state index in [1.807, 2.05) is 30.3 Å². The number of nitrogens with two attached hydrogens (primary N) is 1. The summed E-state index contributed by atoms with van der Waals surface area (Å²) < 4.78 is 4.28. The van der Waals surface area contributed by atoms with Crippen molar-refractivity contribution in [1.29, 1.82) is 5.26 Å². The zero-order valence-corrected chi connectivity index (χ0v) is 50.8. The Morgan fingerprint density at radius 2 is 0.961 bits per heavy atom. The molecule has 12 nitrogen and oxygen atoms in total. The maximum Gasteiger partial charge on any atom is 0.189 e. The summed E-state index contributed by atoms with van der Waals surface area (Å²) in [5, 5.41) is 45.4. The number of rotatable bonds is 13. The van der Waals surface area contributed by atoms with E-state index in [2.05, 4.69) is 176 Å². The van der Waals surface area contributed by atoms with Crippen LogP contribution in [0, 0.1) is 44.4 Å². The van der Waals surface area contributed by atoms with Crippen LogP contribution in [-0.4, -0.2) is 51.9 Å². The first-order valence-electron chi connectivity index (χ1n) is 25.6. The predicted molar refractivity (Wildman–Crippen MR) is 302 cm³/mol. The minimum absolute atomic E-state index is 0. The molecule has 0 aliphatic carbocycles. The molecule has 4 N–H and O–H groups in total. The average molecular weight is 1380 g/mol. The molecule has 0 bridgehead atoms. The first kappa shape index (κ1) is 62.8. The molecule has 0 aliphatic rings. The Labute approximate surface area is 482 Å². The third kappa shape index (κ3) is 14.8. The number of hydrogen-bond donors (Lipinski definition) is 3. The van der Waals surface area contributed by atoms with Gasteiger partial charge in [0.1, 0.15) is 5.69 Å². The Kier molecular flexibility index (Phi) is 23.3. The number of nitriles is 1. The molecule has 2 aromatic heterocycles. The fourth-order valence-corrected chi connectivity index (χ4v) is 9.16. The van der Waals surface area contributed by atoms with Gasteiger partial charge in [0, 0.05) is 68.2 Å². The van der Waals surface area contributed by atoms with Gasteiger partial charge in [-0.15, -0.1) is 44.6 Å². The molecular weight excluding hydrogens is 1310 g/mol. The van der Waals surface area contributed by atoms with E-state index < -0.39 is 0 Å². The van der Waals surface area contributed by atoms with Crippen molar-refractivity contribution in [3.8, 4) is 63.0 Å². The van der Waals surface area contributed by atoms with Crippen LogP contribution in [-0.2, 0) is 46.8 Å². The molecule has 2 radical (unpaired) electrons. The number of aromatic nitrogens is 6. The number of hydrogen-bond acceptors (Lipinski definition) is 8. The van der Waals surface area contributed by atoms with E-state index in [1.54, 1.807) is 38.1 Å². The molecule has 14 heteroatoms. The van der Waals surface area contributed by atoms with Crippen LogP contribution in [0.2, 0.25) is 0 Å². The first-order chi connectivity index (χ1) is 35.8. The second-order valence-electron chi connectivity index (χ2n) is 20.2. The fourth-order valence-electron chi connectivity index (χ4n) is 9.16. The van der Waals surface area contributed by atoms with Gasteiger partial charge in [0.25, 0.3) is 0 Å². The van der Waals surface area contributed by atoms with E-state index in [0.29, 0.717) is 59.0 Å².